The molecule has 0 N–H and O–H groups in total. The van der Waals surface area contributed by atoms with E-state index in [9.17, 15) is 18.0 Å². The van der Waals surface area contributed by atoms with Crippen LogP contribution in [-0.2, 0) is 25.9 Å². The average Bonchev–Trinajstić information content (AvgIpc) is 3.13. The van der Waals surface area contributed by atoms with Crippen LogP contribution in [0.1, 0.15) is 20.4 Å². The number of hydrogen-bond donors (Lipinski definition) is 0. The van der Waals surface area contributed by atoms with E-state index in [1.807, 2.05) is 0 Å². The number of aromatic nitrogens is 2. The first-order valence-corrected chi connectivity index (χ1v) is 11.6. The Hall–Kier alpha value is -2.37. The number of carbonyl (C=O) groups is 2. The van der Waals surface area contributed by atoms with Crippen LogP contribution < -0.4 is 4.80 Å². The fourth-order valence-electron chi connectivity index (χ4n) is 2.58. The molecule has 0 bridgehead atoms. The lowest BCUT2D eigenvalue weighted by atomic mass is 10.3. The van der Waals surface area contributed by atoms with E-state index in [1.165, 1.54) is 30.6 Å². The molecule has 3 rings (SSSR count). The van der Waals surface area contributed by atoms with Gasteiger partial charge in [-0.3, -0.25) is 9.59 Å². The Bertz CT molecular complexity index is 1260. The number of nitrogens with zero attached hydrogens (tertiary/aromatic N) is 3. The first-order chi connectivity index (χ1) is 13.1. The van der Waals surface area contributed by atoms with Crippen LogP contribution in [0, 0.1) is 13.8 Å². The number of thiazole rings is 2. The molecule has 0 aliphatic rings. The molecular weight excluding hydrogens is 422 g/mol. The van der Waals surface area contributed by atoms with E-state index in [2.05, 4.69) is 9.98 Å². The highest BCUT2D eigenvalue weighted by Gasteiger charge is 2.17. The fourth-order valence-corrected chi connectivity index (χ4v) is 5.18. The van der Waals surface area contributed by atoms with Crippen molar-refractivity contribution in [2.45, 2.75) is 25.3 Å². The summed E-state index contributed by atoms with van der Waals surface area (Å²) in [5, 5.41) is 0.757. The molecule has 0 aliphatic heterocycles. The largest absolute Gasteiger partial charge is 0.468 e. The van der Waals surface area contributed by atoms with Crippen molar-refractivity contribution in [1.82, 2.24) is 9.55 Å². The second kappa shape index (κ2) is 7.57. The van der Waals surface area contributed by atoms with Crippen molar-refractivity contribution in [3.05, 3.63) is 38.6 Å². The van der Waals surface area contributed by atoms with Crippen LogP contribution in [0.25, 0.3) is 10.2 Å². The minimum atomic E-state index is -3.39. The van der Waals surface area contributed by atoms with Gasteiger partial charge in [-0.05, 0) is 32.0 Å². The van der Waals surface area contributed by atoms with Gasteiger partial charge in [0.05, 0.1) is 32.9 Å². The van der Waals surface area contributed by atoms with E-state index < -0.39 is 21.7 Å². The molecule has 0 atom stereocenters. The third-order valence-electron chi connectivity index (χ3n) is 3.89. The first kappa shape index (κ1) is 20.4. The van der Waals surface area contributed by atoms with Crippen LogP contribution in [0.4, 0.5) is 0 Å². The number of ether oxygens (including phenoxy) is 1. The predicted octanol–water partition coefficient (Wildman–Crippen LogP) is 2.09. The zero-order valence-corrected chi connectivity index (χ0v) is 18.0. The molecule has 0 saturated carbocycles. The van der Waals surface area contributed by atoms with Crippen molar-refractivity contribution in [3.8, 4) is 0 Å². The normalized spacial score (nSPS) is 12.5. The van der Waals surface area contributed by atoms with E-state index in [0.717, 1.165) is 22.6 Å². The minimum absolute atomic E-state index is 0.151. The maximum atomic E-state index is 12.6. The summed E-state index contributed by atoms with van der Waals surface area (Å²) in [6.45, 7) is 3.39. The summed E-state index contributed by atoms with van der Waals surface area (Å²) in [5.41, 5.74) is 1.18. The molecule has 148 valence electrons. The van der Waals surface area contributed by atoms with Gasteiger partial charge in [-0.1, -0.05) is 11.3 Å². The molecular formula is C17H17N3O5S3. The summed E-state index contributed by atoms with van der Waals surface area (Å²) in [5.74, 6) is -0.970. The van der Waals surface area contributed by atoms with Gasteiger partial charge in [0, 0.05) is 6.26 Å². The lowest BCUT2D eigenvalue weighted by Gasteiger charge is -2.04. The highest BCUT2D eigenvalue weighted by Crippen LogP contribution is 2.23. The molecule has 1 aromatic carbocycles. The van der Waals surface area contributed by atoms with Gasteiger partial charge in [0.25, 0.3) is 5.91 Å². The molecule has 0 spiro atoms. The SMILES string of the molecule is COC(=O)Cn1c(=NC(=O)c2sc(C)nc2C)sc2cc(S(C)(=O)=O)ccc21. The summed E-state index contributed by atoms with van der Waals surface area (Å²) >= 11 is 2.38. The van der Waals surface area contributed by atoms with Crippen molar-refractivity contribution in [2.24, 2.45) is 4.99 Å². The topological polar surface area (TPSA) is 108 Å². The number of aryl methyl sites for hydroxylation is 2. The molecule has 8 nitrogen and oxygen atoms in total. The number of fused-ring (bicyclic) bond motifs is 1. The smallest absolute Gasteiger partial charge is 0.325 e. The molecule has 1 amide bonds. The monoisotopic (exact) mass is 439 g/mol. The summed E-state index contributed by atoms with van der Waals surface area (Å²) in [6.07, 6.45) is 1.12. The molecule has 11 heteroatoms. The standard InChI is InChI=1S/C17H17N3O5S3/c1-9-15(26-10(2)18-9)16(22)19-17-20(8-14(21)25-3)12-6-5-11(28(4,23)24)7-13(12)27-17/h5-7H,8H2,1-4H3. The van der Waals surface area contributed by atoms with Crippen LogP contribution in [0.5, 0.6) is 0 Å². The van der Waals surface area contributed by atoms with E-state index in [-0.39, 0.29) is 16.2 Å². The number of sulfone groups is 1. The number of carbonyl (C=O) groups excluding carboxylic acids is 2. The Morgan fingerprint density at radius 3 is 2.54 bits per heavy atom. The maximum Gasteiger partial charge on any atom is 0.325 e. The quantitative estimate of drug-likeness (QED) is 0.576. The summed E-state index contributed by atoms with van der Waals surface area (Å²) < 4.78 is 30.5. The zero-order valence-electron chi connectivity index (χ0n) is 15.5. The Labute approximate surface area is 169 Å². The molecule has 0 saturated heterocycles. The molecule has 0 fully saturated rings. The second-order valence-electron chi connectivity index (χ2n) is 6.01. The lowest BCUT2D eigenvalue weighted by molar-refractivity contribution is -0.141. The number of hydrogen-bond acceptors (Lipinski definition) is 8. The second-order valence-corrected chi connectivity index (χ2v) is 10.2. The van der Waals surface area contributed by atoms with Gasteiger partial charge in [0.15, 0.2) is 14.6 Å². The van der Waals surface area contributed by atoms with Gasteiger partial charge < -0.3 is 9.30 Å². The highest BCUT2D eigenvalue weighted by atomic mass is 32.2. The molecule has 0 aliphatic carbocycles. The Balaban J connectivity index is 2.21. The Morgan fingerprint density at radius 1 is 1.25 bits per heavy atom. The van der Waals surface area contributed by atoms with Crippen molar-refractivity contribution in [3.63, 3.8) is 0 Å². The van der Waals surface area contributed by atoms with Crippen molar-refractivity contribution in [2.75, 3.05) is 13.4 Å². The Kier molecular flexibility index (Phi) is 5.50. The van der Waals surface area contributed by atoms with Gasteiger partial charge in [0.2, 0.25) is 0 Å². The van der Waals surface area contributed by atoms with Crippen LogP contribution in [-0.4, -0.2) is 43.2 Å². The number of rotatable bonds is 4. The zero-order chi connectivity index (χ0) is 20.6. The molecule has 2 aromatic heterocycles. The average molecular weight is 440 g/mol. The van der Waals surface area contributed by atoms with E-state index in [1.54, 1.807) is 24.5 Å². The van der Waals surface area contributed by atoms with E-state index >= 15 is 0 Å². The van der Waals surface area contributed by atoms with Crippen molar-refractivity contribution >= 4 is 54.6 Å². The van der Waals surface area contributed by atoms with E-state index in [0.29, 0.717) is 20.8 Å². The van der Waals surface area contributed by atoms with Gasteiger partial charge in [-0.2, -0.15) is 4.99 Å². The van der Waals surface area contributed by atoms with Gasteiger partial charge >= 0.3 is 5.97 Å². The van der Waals surface area contributed by atoms with Crippen LogP contribution >= 0.6 is 22.7 Å². The third-order valence-corrected chi connectivity index (χ3v) is 7.10. The lowest BCUT2D eigenvalue weighted by Crippen LogP contribution is -2.22. The molecule has 0 radical (unpaired) electrons. The summed E-state index contributed by atoms with van der Waals surface area (Å²) in [6, 6.07) is 4.56. The highest BCUT2D eigenvalue weighted by molar-refractivity contribution is 7.90. The summed E-state index contributed by atoms with van der Waals surface area (Å²) in [4.78, 5) is 33.8. The summed E-state index contributed by atoms with van der Waals surface area (Å²) in [7, 11) is -2.12. The number of benzene rings is 1. The Morgan fingerprint density at radius 2 is 1.96 bits per heavy atom. The van der Waals surface area contributed by atoms with E-state index in [4.69, 9.17) is 4.74 Å². The van der Waals surface area contributed by atoms with Crippen LogP contribution in [0.3, 0.4) is 0 Å². The first-order valence-electron chi connectivity index (χ1n) is 8.03. The van der Waals surface area contributed by atoms with Crippen molar-refractivity contribution < 1.29 is 22.7 Å². The fraction of sp³-hybridized carbons (Fsp3) is 0.294. The minimum Gasteiger partial charge on any atom is -0.468 e. The van der Waals surface area contributed by atoms with Gasteiger partial charge in [0.1, 0.15) is 11.4 Å². The maximum absolute atomic E-state index is 12.6. The van der Waals surface area contributed by atoms with Crippen LogP contribution in [0.2, 0.25) is 0 Å². The number of amides is 1. The third kappa shape index (κ3) is 4.05. The molecule has 3 aromatic rings. The van der Waals surface area contributed by atoms with Gasteiger partial charge in [-0.15, -0.1) is 11.3 Å². The number of esters is 1. The van der Waals surface area contributed by atoms with Crippen LogP contribution in [0.15, 0.2) is 28.1 Å². The molecule has 2 heterocycles. The van der Waals surface area contributed by atoms with Crippen molar-refractivity contribution in [1.29, 1.82) is 0 Å². The predicted molar refractivity (Wildman–Crippen MR) is 106 cm³/mol. The number of methoxy groups -OCH3 is 1. The van der Waals surface area contributed by atoms with Gasteiger partial charge in [-0.25, -0.2) is 13.4 Å². The molecule has 28 heavy (non-hydrogen) atoms. The molecule has 0 unspecified atom stereocenters.